The number of ether oxygens (including phenoxy) is 1. The largest absolute Gasteiger partial charge is 0.494 e. The van der Waals surface area contributed by atoms with Crippen molar-refractivity contribution in [2.45, 2.75) is 47.0 Å². The highest BCUT2D eigenvalue weighted by Crippen LogP contribution is 2.40. The van der Waals surface area contributed by atoms with Gasteiger partial charge in [-0.15, -0.1) is 11.3 Å². The summed E-state index contributed by atoms with van der Waals surface area (Å²) in [6, 6.07) is 7.20. The summed E-state index contributed by atoms with van der Waals surface area (Å²) >= 11 is 1.62. The average molecular weight is 359 g/mol. The van der Waals surface area contributed by atoms with Crippen molar-refractivity contribution in [2.75, 3.05) is 11.9 Å². The number of carbonyl (C=O) groups is 1. The van der Waals surface area contributed by atoms with Crippen molar-refractivity contribution in [3.05, 3.63) is 40.4 Å². The van der Waals surface area contributed by atoms with Crippen molar-refractivity contribution >= 4 is 22.4 Å². The van der Waals surface area contributed by atoms with Crippen LogP contribution < -0.4 is 10.1 Å². The van der Waals surface area contributed by atoms with Gasteiger partial charge in [-0.05, 0) is 61.8 Å². The molecule has 3 rings (SSSR count). The fraction of sp³-hybridized carbons (Fsp3) is 0.500. The van der Waals surface area contributed by atoms with E-state index in [4.69, 9.17) is 4.74 Å². The number of aryl methyl sites for hydroxylation is 1. The molecule has 0 aliphatic heterocycles. The lowest BCUT2D eigenvalue weighted by molar-refractivity contribution is 0.102. The quantitative estimate of drug-likeness (QED) is 0.842. The van der Waals surface area contributed by atoms with Gasteiger partial charge in [0, 0.05) is 10.4 Å². The number of hydrogen-bond donors (Lipinski definition) is 1. The first kappa shape index (κ1) is 17.9. The summed E-state index contributed by atoms with van der Waals surface area (Å²) in [6.07, 6.45) is 3.24. The highest BCUT2D eigenvalue weighted by atomic mass is 32.1. The zero-order valence-corrected chi connectivity index (χ0v) is 16.2. The van der Waals surface area contributed by atoms with Crippen molar-refractivity contribution < 1.29 is 9.53 Å². The van der Waals surface area contributed by atoms with Gasteiger partial charge in [-0.1, -0.05) is 20.8 Å². The second kappa shape index (κ2) is 7.16. The van der Waals surface area contributed by atoms with Crippen LogP contribution in [0, 0.1) is 11.3 Å². The predicted octanol–water partition coefficient (Wildman–Crippen LogP) is 4.95. The molecular weight excluding hydrogens is 332 g/mol. The van der Waals surface area contributed by atoms with E-state index < -0.39 is 0 Å². The lowest BCUT2D eigenvalue weighted by Gasteiger charge is -2.33. The van der Waals surface area contributed by atoms with E-state index in [0.717, 1.165) is 24.3 Å². The Morgan fingerprint density at radius 3 is 2.68 bits per heavy atom. The molecule has 0 saturated heterocycles. The van der Waals surface area contributed by atoms with Crippen LogP contribution in [0.15, 0.2) is 24.3 Å². The molecule has 0 radical (unpaired) electrons. The third kappa shape index (κ3) is 4.21. The van der Waals surface area contributed by atoms with E-state index in [1.807, 2.05) is 19.1 Å². The third-order valence-corrected chi connectivity index (χ3v) is 5.85. The van der Waals surface area contributed by atoms with E-state index in [9.17, 15) is 4.79 Å². The van der Waals surface area contributed by atoms with Crippen molar-refractivity contribution in [2.24, 2.45) is 11.3 Å². The summed E-state index contributed by atoms with van der Waals surface area (Å²) in [5.41, 5.74) is 2.09. The minimum atomic E-state index is -0.124. The van der Waals surface area contributed by atoms with Gasteiger partial charge in [-0.25, -0.2) is 4.98 Å². The summed E-state index contributed by atoms with van der Waals surface area (Å²) in [5, 5.41) is 3.66. The molecule has 5 heteroatoms. The van der Waals surface area contributed by atoms with Gasteiger partial charge in [0.05, 0.1) is 12.3 Å². The molecule has 1 aliphatic rings. The van der Waals surface area contributed by atoms with Gasteiger partial charge in [0.15, 0.2) is 5.13 Å². The van der Waals surface area contributed by atoms with Crippen LogP contribution in [0.25, 0.3) is 0 Å². The van der Waals surface area contributed by atoms with Crippen LogP contribution in [0.2, 0.25) is 0 Å². The molecule has 0 spiro atoms. The fourth-order valence-corrected chi connectivity index (χ4v) is 4.29. The molecule has 1 N–H and O–H groups in total. The molecule has 0 unspecified atom stereocenters. The molecule has 25 heavy (non-hydrogen) atoms. The van der Waals surface area contributed by atoms with Gasteiger partial charge in [-0.3, -0.25) is 10.1 Å². The maximum Gasteiger partial charge on any atom is 0.257 e. The zero-order valence-electron chi connectivity index (χ0n) is 15.4. The Balaban J connectivity index is 1.68. The van der Waals surface area contributed by atoms with Crippen molar-refractivity contribution in [1.82, 2.24) is 4.98 Å². The van der Waals surface area contributed by atoms with E-state index in [2.05, 4.69) is 31.1 Å². The molecule has 2 aromatic rings. The average Bonchev–Trinajstić information content (AvgIpc) is 2.96. The molecule has 0 bridgehead atoms. The van der Waals surface area contributed by atoms with Gasteiger partial charge >= 0.3 is 0 Å². The Morgan fingerprint density at radius 1 is 1.32 bits per heavy atom. The number of nitrogens with zero attached hydrogens (tertiary/aromatic N) is 1. The van der Waals surface area contributed by atoms with Crippen molar-refractivity contribution in [1.29, 1.82) is 0 Å². The fourth-order valence-electron chi connectivity index (χ4n) is 3.21. The first-order chi connectivity index (χ1) is 11.9. The highest BCUT2D eigenvalue weighted by molar-refractivity contribution is 7.15. The number of benzene rings is 1. The maximum absolute atomic E-state index is 12.4. The number of amides is 1. The SMILES string of the molecule is CCOc1ccc(C(=O)Nc2nc3c(s2)C[C@H](C(C)(C)C)CC3)cc1. The molecular formula is C20H26N2O2S. The van der Waals surface area contributed by atoms with Gasteiger partial charge in [-0.2, -0.15) is 0 Å². The molecule has 1 amide bonds. The Kier molecular flexibility index (Phi) is 5.13. The van der Waals surface area contributed by atoms with Gasteiger partial charge in [0.25, 0.3) is 5.91 Å². The number of hydrogen-bond acceptors (Lipinski definition) is 4. The number of nitrogens with one attached hydrogen (secondary N) is 1. The first-order valence-electron chi connectivity index (χ1n) is 8.89. The zero-order chi connectivity index (χ0) is 18.0. The monoisotopic (exact) mass is 358 g/mol. The van der Waals surface area contributed by atoms with Crippen LogP contribution in [-0.4, -0.2) is 17.5 Å². The molecule has 0 fully saturated rings. The summed E-state index contributed by atoms with van der Waals surface area (Å²) in [5.74, 6) is 1.33. The normalized spacial score (nSPS) is 17.0. The Labute approximate surface area is 153 Å². The molecule has 134 valence electrons. The minimum Gasteiger partial charge on any atom is -0.494 e. The van der Waals surface area contributed by atoms with Crippen LogP contribution >= 0.6 is 11.3 Å². The van der Waals surface area contributed by atoms with Crippen LogP contribution in [-0.2, 0) is 12.8 Å². The topological polar surface area (TPSA) is 51.2 Å². The number of thiazole rings is 1. The first-order valence-corrected chi connectivity index (χ1v) is 9.71. The van der Waals surface area contributed by atoms with E-state index in [0.29, 0.717) is 28.6 Å². The van der Waals surface area contributed by atoms with Gasteiger partial charge in [0.1, 0.15) is 5.75 Å². The summed E-state index contributed by atoms with van der Waals surface area (Å²) in [6.45, 7) is 9.47. The Bertz CT molecular complexity index is 744. The van der Waals surface area contributed by atoms with Crippen LogP contribution in [0.3, 0.4) is 0 Å². The second-order valence-corrected chi connectivity index (χ2v) is 8.69. The molecule has 4 nitrogen and oxygen atoms in total. The maximum atomic E-state index is 12.4. The van der Waals surface area contributed by atoms with Crippen LogP contribution in [0.4, 0.5) is 5.13 Å². The lowest BCUT2D eigenvalue weighted by atomic mass is 9.73. The minimum absolute atomic E-state index is 0.124. The number of anilines is 1. The summed E-state index contributed by atoms with van der Waals surface area (Å²) < 4.78 is 5.41. The summed E-state index contributed by atoms with van der Waals surface area (Å²) in [7, 11) is 0. The Morgan fingerprint density at radius 2 is 2.04 bits per heavy atom. The molecule has 1 aliphatic carbocycles. The third-order valence-electron chi connectivity index (χ3n) is 4.81. The number of fused-ring (bicyclic) bond motifs is 1. The highest BCUT2D eigenvalue weighted by Gasteiger charge is 2.30. The molecule has 1 atom stereocenters. The van der Waals surface area contributed by atoms with Crippen molar-refractivity contribution in [3.8, 4) is 5.75 Å². The van der Waals surface area contributed by atoms with E-state index in [1.165, 1.54) is 11.3 Å². The van der Waals surface area contributed by atoms with Crippen LogP contribution in [0.1, 0.15) is 55.0 Å². The van der Waals surface area contributed by atoms with Gasteiger partial charge in [0.2, 0.25) is 0 Å². The number of carbonyl (C=O) groups excluding carboxylic acids is 1. The smallest absolute Gasteiger partial charge is 0.257 e. The van der Waals surface area contributed by atoms with E-state index in [1.54, 1.807) is 23.5 Å². The predicted molar refractivity (Wildman–Crippen MR) is 103 cm³/mol. The van der Waals surface area contributed by atoms with Crippen molar-refractivity contribution in [3.63, 3.8) is 0 Å². The number of rotatable bonds is 4. The second-order valence-electron chi connectivity index (χ2n) is 7.61. The molecule has 1 aromatic heterocycles. The summed E-state index contributed by atoms with van der Waals surface area (Å²) in [4.78, 5) is 18.4. The van der Waals surface area contributed by atoms with Gasteiger partial charge < -0.3 is 4.74 Å². The number of aromatic nitrogens is 1. The Hall–Kier alpha value is -1.88. The van der Waals surface area contributed by atoms with E-state index in [-0.39, 0.29) is 5.91 Å². The molecule has 1 heterocycles. The molecule has 0 saturated carbocycles. The molecule has 1 aromatic carbocycles. The standard InChI is InChI=1S/C20H26N2O2S/c1-5-24-15-9-6-13(7-10-15)18(23)22-19-21-16-11-8-14(20(2,3)4)12-17(16)25-19/h6-7,9-10,14H,5,8,11-12H2,1-4H3,(H,21,22,23)/t14-/m1/s1. The van der Waals surface area contributed by atoms with Crippen LogP contribution in [0.5, 0.6) is 5.75 Å². The lowest BCUT2D eigenvalue weighted by Crippen LogP contribution is -2.26. The van der Waals surface area contributed by atoms with E-state index >= 15 is 0 Å².